The first-order valence-electron chi connectivity index (χ1n) is 8.70. The largest absolute Gasteiger partial charge is 0.492 e. The second-order valence-corrected chi connectivity index (χ2v) is 6.54. The van der Waals surface area contributed by atoms with Crippen molar-refractivity contribution in [2.75, 3.05) is 20.2 Å². The van der Waals surface area contributed by atoms with Crippen molar-refractivity contribution in [3.05, 3.63) is 71.0 Å². The number of tetrazole rings is 1. The van der Waals surface area contributed by atoms with Gasteiger partial charge in [0.25, 0.3) is 5.91 Å². The Morgan fingerprint density at radius 3 is 2.54 bits per heavy atom. The number of ether oxygens (including phenoxy) is 1. The van der Waals surface area contributed by atoms with Crippen molar-refractivity contribution in [1.29, 1.82) is 0 Å². The first kappa shape index (κ1) is 19.6. The highest BCUT2D eigenvalue weighted by Crippen LogP contribution is 2.16. The average Bonchev–Trinajstić information content (AvgIpc) is 3.13. The van der Waals surface area contributed by atoms with Gasteiger partial charge in [0.2, 0.25) is 0 Å². The minimum atomic E-state index is -0.209. The Hall–Kier alpha value is -3.19. The molecule has 0 saturated heterocycles. The van der Waals surface area contributed by atoms with Gasteiger partial charge < -0.3 is 9.64 Å². The fraction of sp³-hybridized carbons (Fsp3) is 0.200. The van der Waals surface area contributed by atoms with Gasteiger partial charge in [-0.2, -0.15) is 4.68 Å². The second-order valence-electron chi connectivity index (χ2n) is 6.11. The van der Waals surface area contributed by atoms with E-state index in [9.17, 15) is 4.79 Å². The lowest BCUT2D eigenvalue weighted by Crippen LogP contribution is -2.33. The van der Waals surface area contributed by atoms with Crippen LogP contribution in [0.4, 0.5) is 0 Å². The summed E-state index contributed by atoms with van der Waals surface area (Å²) in [6, 6.07) is 16.6. The minimum Gasteiger partial charge on any atom is -0.492 e. The SMILES string of the molecule is Cc1nnnn1/C(=C\c1ccccc1)C(=O)N(C)CCOc1ccc(Cl)cc1. The average molecular weight is 398 g/mol. The standard InChI is InChI=1S/C20H20ClN5O2/c1-15-22-23-24-26(15)19(14-16-6-4-3-5-7-16)20(27)25(2)12-13-28-18-10-8-17(21)9-11-18/h3-11,14H,12-13H2,1-2H3/b19-14-. The number of carbonyl (C=O) groups is 1. The molecule has 0 aliphatic carbocycles. The molecule has 0 atom stereocenters. The lowest BCUT2D eigenvalue weighted by Gasteiger charge is -2.19. The highest BCUT2D eigenvalue weighted by molar-refractivity contribution is 6.30. The normalized spacial score (nSPS) is 11.3. The quantitative estimate of drug-likeness (QED) is 0.572. The van der Waals surface area contributed by atoms with E-state index in [1.807, 2.05) is 30.3 Å². The molecule has 1 aromatic heterocycles. The monoisotopic (exact) mass is 397 g/mol. The van der Waals surface area contributed by atoms with Crippen molar-refractivity contribution < 1.29 is 9.53 Å². The molecule has 0 aliphatic heterocycles. The molecule has 2 aromatic carbocycles. The number of likely N-dealkylation sites (N-methyl/N-ethyl adjacent to an activating group) is 1. The van der Waals surface area contributed by atoms with E-state index < -0.39 is 0 Å². The summed E-state index contributed by atoms with van der Waals surface area (Å²) in [4.78, 5) is 14.6. The highest BCUT2D eigenvalue weighted by Gasteiger charge is 2.20. The zero-order valence-electron chi connectivity index (χ0n) is 15.6. The van der Waals surface area contributed by atoms with Gasteiger partial charge in [0.05, 0.1) is 6.54 Å². The van der Waals surface area contributed by atoms with Crippen LogP contribution in [-0.4, -0.2) is 51.2 Å². The van der Waals surface area contributed by atoms with Gasteiger partial charge in [0.15, 0.2) is 5.82 Å². The summed E-state index contributed by atoms with van der Waals surface area (Å²) in [5.41, 5.74) is 1.24. The molecule has 1 heterocycles. The number of nitrogens with zero attached hydrogens (tertiary/aromatic N) is 5. The lowest BCUT2D eigenvalue weighted by molar-refractivity contribution is -0.124. The predicted molar refractivity (Wildman–Crippen MR) is 108 cm³/mol. The van der Waals surface area contributed by atoms with Gasteiger partial charge in [-0.3, -0.25) is 4.79 Å². The molecule has 144 valence electrons. The van der Waals surface area contributed by atoms with Gasteiger partial charge >= 0.3 is 0 Å². The number of halogens is 1. The molecule has 0 saturated carbocycles. The van der Waals surface area contributed by atoms with Crippen LogP contribution in [0.25, 0.3) is 11.8 Å². The fourth-order valence-electron chi connectivity index (χ4n) is 2.50. The Labute approximate surface area is 168 Å². The van der Waals surface area contributed by atoms with E-state index in [4.69, 9.17) is 16.3 Å². The van der Waals surface area contributed by atoms with Crippen LogP contribution in [0, 0.1) is 6.92 Å². The third-order valence-electron chi connectivity index (χ3n) is 4.03. The van der Waals surface area contributed by atoms with Gasteiger partial charge in [0, 0.05) is 12.1 Å². The molecule has 3 rings (SSSR count). The zero-order valence-corrected chi connectivity index (χ0v) is 16.4. The molecule has 3 aromatic rings. The maximum atomic E-state index is 13.1. The molecule has 7 nitrogen and oxygen atoms in total. The Bertz CT molecular complexity index is 954. The van der Waals surface area contributed by atoms with E-state index in [1.54, 1.807) is 49.2 Å². The fourth-order valence-corrected chi connectivity index (χ4v) is 2.63. The van der Waals surface area contributed by atoms with E-state index in [2.05, 4.69) is 15.5 Å². The number of hydrogen-bond acceptors (Lipinski definition) is 5. The van der Waals surface area contributed by atoms with Crippen LogP contribution in [0.15, 0.2) is 54.6 Å². The summed E-state index contributed by atoms with van der Waals surface area (Å²) in [6.45, 7) is 2.49. The molecular weight excluding hydrogens is 378 g/mol. The van der Waals surface area contributed by atoms with Crippen LogP contribution in [0.1, 0.15) is 11.4 Å². The number of benzene rings is 2. The number of aryl methyl sites for hydroxylation is 1. The molecule has 0 spiro atoms. The summed E-state index contributed by atoms with van der Waals surface area (Å²) >= 11 is 5.87. The molecule has 0 N–H and O–H groups in total. The number of aromatic nitrogens is 4. The van der Waals surface area contributed by atoms with Gasteiger partial charge in [-0.15, -0.1) is 5.10 Å². The molecule has 0 fully saturated rings. The first-order valence-corrected chi connectivity index (χ1v) is 9.08. The minimum absolute atomic E-state index is 0.209. The topological polar surface area (TPSA) is 73.1 Å². The maximum absolute atomic E-state index is 13.1. The maximum Gasteiger partial charge on any atom is 0.272 e. The number of amides is 1. The Morgan fingerprint density at radius 2 is 1.89 bits per heavy atom. The summed E-state index contributed by atoms with van der Waals surface area (Å²) in [5.74, 6) is 1.02. The van der Waals surface area contributed by atoms with Crippen LogP contribution in [-0.2, 0) is 4.79 Å². The predicted octanol–water partition coefficient (Wildman–Crippen LogP) is 3.17. The van der Waals surface area contributed by atoms with Crippen LogP contribution in [0.2, 0.25) is 5.02 Å². The molecule has 0 radical (unpaired) electrons. The van der Waals surface area contributed by atoms with Crippen molar-refractivity contribution in [2.24, 2.45) is 0 Å². The Kier molecular flexibility index (Phi) is 6.39. The second kappa shape index (κ2) is 9.14. The first-order chi connectivity index (χ1) is 13.5. The summed E-state index contributed by atoms with van der Waals surface area (Å²) in [5, 5.41) is 12.1. The molecular formula is C20H20ClN5O2. The van der Waals surface area contributed by atoms with Crippen LogP contribution in [0.3, 0.4) is 0 Å². The van der Waals surface area contributed by atoms with Gasteiger partial charge in [-0.25, -0.2) is 0 Å². The number of carbonyl (C=O) groups excluding carboxylic acids is 1. The van der Waals surface area contributed by atoms with E-state index in [1.165, 1.54) is 4.68 Å². The molecule has 0 bridgehead atoms. The van der Waals surface area contributed by atoms with Gasteiger partial charge in [-0.1, -0.05) is 41.9 Å². The smallest absolute Gasteiger partial charge is 0.272 e. The zero-order chi connectivity index (χ0) is 19.9. The molecule has 28 heavy (non-hydrogen) atoms. The van der Waals surface area contributed by atoms with Crippen molar-refractivity contribution >= 4 is 29.3 Å². The van der Waals surface area contributed by atoms with E-state index in [-0.39, 0.29) is 5.91 Å². The van der Waals surface area contributed by atoms with Crippen molar-refractivity contribution in [3.63, 3.8) is 0 Å². The van der Waals surface area contributed by atoms with Crippen LogP contribution >= 0.6 is 11.6 Å². The molecule has 8 heteroatoms. The Morgan fingerprint density at radius 1 is 1.18 bits per heavy atom. The molecule has 0 unspecified atom stereocenters. The third-order valence-corrected chi connectivity index (χ3v) is 4.28. The van der Waals surface area contributed by atoms with E-state index in [0.29, 0.717) is 35.4 Å². The van der Waals surface area contributed by atoms with E-state index >= 15 is 0 Å². The van der Waals surface area contributed by atoms with Crippen molar-refractivity contribution in [3.8, 4) is 5.75 Å². The van der Waals surface area contributed by atoms with Crippen LogP contribution in [0.5, 0.6) is 5.75 Å². The van der Waals surface area contributed by atoms with Crippen LogP contribution < -0.4 is 4.74 Å². The highest BCUT2D eigenvalue weighted by atomic mass is 35.5. The summed E-state index contributed by atoms with van der Waals surface area (Å²) in [6.07, 6.45) is 1.77. The number of hydrogen-bond donors (Lipinski definition) is 0. The van der Waals surface area contributed by atoms with Gasteiger partial charge in [0.1, 0.15) is 18.1 Å². The summed E-state index contributed by atoms with van der Waals surface area (Å²) in [7, 11) is 1.71. The number of rotatable bonds is 7. The van der Waals surface area contributed by atoms with E-state index in [0.717, 1.165) is 5.56 Å². The Balaban J connectivity index is 1.72. The third kappa shape index (κ3) is 4.95. The lowest BCUT2D eigenvalue weighted by atomic mass is 10.2. The summed E-state index contributed by atoms with van der Waals surface area (Å²) < 4.78 is 7.11. The molecule has 1 amide bonds. The van der Waals surface area contributed by atoms with Gasteiger partial charge in [-0.05, 0) is 53.3 Å². The van der Waals surface area contributed by atoms with Crippen molar-refractivity contribution in [2.45, 2.75) is 6.92 Å². The van der Waals surface area contributed by atoms with Crippen molar-refractivity contribution in [1.82, 2.24) is 25.1 Å². The molecule has 0 aliphatic rings.